The molecular formula is C13H12I3NO3. The number of aliphatic carboxylic acids is 1. The van der Waals surface area contributed by atoms with E-state index in [1.54, 1.807) is 6.07 Å². The zero-order valence-corrected chi connectivity index (χ0v) is 16.9. The highest BCUT2D eigenvalue weighted by Crippen LogP contribution is 2.31. The number of hydrogen-bond donors (Lipinski definition) is 2. The summed E-state index contributed by atoms with van der Waals surface area (Å²) < 4.78 is 2.82. The molecular weight excluding hydrogens is 599 g/mol. The minimum atomic E-state index is -1.09. The molecule has 1 aromatic carbocycles. The monoisotopic (exact) mass is 611 g/mol. The first kappa shape index (κ1) is 16.7. The Labute approximate surface area is 157 Å². The number of hydrogen-bond acceptors (Lipinski definition) is 2. The number of benzene rings is 1. The summed E-state index contributed by atoms with van der Waals surface area (Å²) in [6.45, 7) is 0. The van der Waals surface area contributed by atoms with Crippen LogP contribution in [0.5, 0.6) is 0 Å². The van der Waals surface area contributed by atoms with Crippen LogP contribution in [0.2, 0.25) is 0 Å². The number of carbonyl (C=O) groups is 2. The van der Waals surface area contributed by atoms with E-state index in [0.717, 1.165) is 23.6 Å². The van der Waals surface area contributed by atoms with Crippen LogP contribution in [0.4, 0.5) is 0 Å². The van der Waals surface area contributed by atoms with Gasteiger partial charge in [-0.05, 0) is 92.7 Å². The van der Waals surface area contributed by atoms with Gasteiger partial charge in [-0.15, -0.1) is 0 Å². The van der Waals surface area contributed by atoms with E-state index in [9.17, 15) is 14.7 Å². The molecule has 1 aliphatic carbocycles. The van der Waals surface area contributed by atoms with Crippen molar-refractivity contribution in [3.8, 4) is 0 Å². The smallest absolute Gasteiger partial charge is 0.329 e. The van der Waals surface area contributed by atoms with E-state index in [-0.39, 0.29) is 5.91 Å². The molecule has 0 atom stereocenters. The first-order valence-electron chi connectivity index (χ1n) is 6.06. The fourth-order valence-corrected chi connectivity index (χ4v) is 4.78. The summed E-state index contributed by atoms with van der Waals surface area (Å²) in [7, 11) is 0. The number of carboxylic acid groups (broad SMARTS) is 1. The van der Waals surface area contributed by atoms with Crippen LogP contribution in [-0.4, -0.2) is 22.5 Å². The van der Waals surface area contributed by atoms with E-state index in [4.69, 9.17) is 0 Å². The second-order valence-electron chi connectivity index (χ2n) is 4.80. The van der Waals surface area contributed by atoms with Gasteiger partial charge >= 0.3 is 5.97 Å². The van der Waals surface area contributed by atoms with Crippen molar-refractivity contribution >= 4 is 79.6 Å². The van der Waals surface area contributed by atoms with Crippen LogP contribution >= 0.6 is 67.8 Å². The minimum absolute atomic E-state index is 0.296. The fourth-order valence-electron chi connectivity index (χ4n) is 2.38. The molecule has 1 aromatic rings. The summed E-state index contributed by atoms with van der Waals surface area (Å²) in [5.41, 5.74) is -0.540. The maximum atomic E-state index is 12.4. The molecule has 0 bridgehead atoms. The maximum absolute atomic E-state index is 12.4. The Morgan fingerprint density at radius 2 is 1.75 bits per heavy atom. The van der Waals surface area contributed by atoms with Crippen molar-refractivity contribution in [1.82, 2.24) is 5.32 Å². The van der Waals surface area contributed by atoms with Gasteiger partial charge in [0, 0.05) is 10.7 Å². The molecule has 7 heteroatoms. The number of carbonyl (C=O) groups excluding carboxylic acids is 1. The Kier molecular flexibility index (Phi) is 5.54. The van der Waals surface area contributed by atoms with Crippen molar-refractivity contribution in [2.45, 2.75) is 31.2 Å². The first-order valence-corrected chi connectivity index (χ1v) is 9.30. The van der Waals surface area contributed by atoms with Gasteiger partial charge in [0.2, 0.25) is 0 Å². The second kappa shape index (κ2) is 6.63. The van der Waals surface area contributed by atoms with Crippen LogP contribution in [0.3, 0.4) is 0 Å². The molecule has 20 heavy (non-hydrogen) atoms. The summed E-state index contributed by atoms with van der Waals surface area (Å²) in [6, 6.07) is 3.78. The van der Waals surface area contributed by atoms with Crippen LogP contribution in [0.1, 0.15) is 36.0 Å². The third-order valence-corrected chi connectivity index (χ3v) is 7.12. The van der Waals surface area contributed by atoms with E-state index in [0.29, 0.717) is 18.4 Å². The summed E-state index contributed by atoms with van der Waals surface area (Å²) in [6.07, 6.45) is 2.69. The molecule has 1 fully saturated rings. The van der Waals surface area contributed by atoms with Crippen LogP contribution in [-0.2, 0) is 4.79 Å². The third-order valence-electron chi connectivity index (χ3n) is 3.46. The van der Waals surface area contributed by atoms with Gasteiger partial charge in [0.15, 0.2) is 0 Å². The normalized spacial score (nSPS) is 16.9. The standard InChI is InChI=1S/C13H12I3NO3/c14-7-5-8(10(16)9(15)6-7)11(18)17-13(12(19)20)3-1-2-4-13/h5-6H,1-4H2,(H,17,18)(H,19,20). The zero-order valence-electron chi connectivity index (χ0n) is 10.4. The van der Waals surface area contributed by atoms with Crippen molar-refractivity contribution < 1.29 is 14.7 Å². The molecule has 0 radical (unpaired) electrons. The SMILES string of the molecule is O=C(NC1(C(=O)O)CCCC1)c1cc(I)cc(I)c1I. The first-order chi connectivity index (χ1) is 9.35. The number of halogens is 3. The van der Waals surface area contributed by atoms with Gasteiger partial charge in [-0.1, -0.05) is 12.8 Å². The lowest BCUT2D eigenvalue weighted by molar-refractivity contribution is -0.144. The van der Waals surface area contributed by atoms with Crippen molar-refractivity contribution in [3.05, 3.63) is 28.4 Å². The highest BCUT2D eigenvalue weighted by molar-refractivity contribution is 14.1. The van der Waals surface area contributed by atoms with Gasteiger partial charge in [-0.25, -0.2) is 4.79 Å². The predicted molar refractivity (Wildman–Crippen MR) is 101 cm³/mol. The number of amides is 1. The quantitative estimate of drug-likeness (QED) is 0.406. The van der Waals surface area contributed by atoms with Crippen molar-refractivity contribution in [3.63, 3.8) is 0 Å². The molecule has 2 rings (SSSR count). The lowest BCUT2D eigenvalue weighted by Gasteiger charge is -2.25. The van der Waals surface area contributed by atoms with Crippen LogP contribution in [0.15, 0.2) is 12.1 Å². The highest BCUT2D eigenvalue weighted by Gasteiger charge is 2.42. The van der Waals surface area contributed by atoms with Gasteiger partial charge in [0.25, 0.3) is 5.91 Å². The van der Waals surface area contributed by atoms with E-state index >= 15 is 0 Å². The highest BCUT2D eigenvalue weighted by atomic mass is 127. The fraction of sp³-hybridized carbons (Fsp3) is 0.385. The van der Waals surface area contributed by atoms with Gasteiger partial charge in [-0.2, -0.15) is 0 Å². The molecule has 108 valence electrons. The maximum Gasteiger partial charge on any atom is 0.329 e. The molecule has 0 heterocycles. The van der Waals surface area contributed by atoms with Crippen molar-refractivity contribution in [2.24, 2.45) is 0 Å². The molecule has 1 aliphatic rings. The number of carboxylic acids is 1. The topological polar surface area (TPSA) is 66.4 Å². The van der Waals surface area contributed by atoms with Crippen molar-refractivity contribution in [1.29, 1.82) is 0 Å². The molecule has 0 unspecified atom stereocenters. The predicted octanol–water partition coefficient (Wildman–Crippen LogP) is 3.63. The van der Waals surface area contributed by atoms with Crippen LogP contribution < -0.4 is 5.32 Å². The van der Waals surface area contributed by atoms with Crippen molar-refractivity contribution in [2.75, 3.05) is 0 Å². The van der Waals surface area contributed by atoms with Gasteiger partial charge in [0.05, 0.1) is 5.56 Å². The van der Waals surface area contributed by atoms with Crippen LogP contribution in [0.25, 0.3) is 0 Å². The molecule has 2 N–H and O–H groups in total. The van der Waals surface area contributed by atoms with E-state index in [1.165, 1.54) is 0 Å². The largest absolute Gasteiger partial charge is 0.480 e. The lowest BCUT2D eigenvalue weighted by Crippen LogP contribution is -2.52. The average molecular weight is 611 g/mol. The minimum Gasteiger partial charge on any atom is -0.480 e. The second-order valence-corrected chi connectivity index (χ2v) is 8.28. The van der Waals surface area contributed by atoms with E-state index < -0.39 is 11.5 Å². The zero-order chi connectivity index (χ0) is 14.9. The Morgan fingerprint density at radius 3 is 2.30 bits per heavy atom. The lowest BCUT2D eigenvalue weighted by atomic mass is 9.97. The van der Waals surface area contributed by atoms with Gasteiger partial charge in [-0.3, -0.25) is 4.79 Å². The molecule has 0 aliphatic heterocycles. The summed E-state index contributed by atoms with van der Waals surface area (Å²) >= 11 is 6.47. The van der Waals surface area contributed by atoms with E-state index in [2.05, 4.69) is 73.1 Å². The Morgan fingerprint density at radius 1 is 1.15 bits per heavy atom. The Balaban J connectivity index is 2.30. The molecule has 0 saturated heterocycles. The molecule has 0 aromatic heterocycles. The average Bonchev–Trinajstić information content (AvgIpc) is 2.83. The Hall–Kier alpha value is 0.350. The van der Waals surface area contributed by atoms with E-state index in [1.807, 2.05) is 6.07 Å². The Bertz CT molecular complexity index is 568. The molecule has 4 nitrogen and oxygen atoms in total. The summed E-state index contributed by atoms with van der Waals surface area (Å²) in [5, 5.41) is 12.2. The molecule has 1 amide bonds. The number of nitrogens with one attached hydrogen (secondary N) is 1. The number of rotatable bonds is 3. The summed E-state index contributed by atoms with van der Waals surface area (Å²) in [5.74, 6) is -1.23. The molecule has 1 saturated carbocycles. The van der Waals surface area contributed by atoms with Gasteiger partial charge in [0.1, 0.15) is 5.54 Å². The van der Waals surface area contributed by atoms with Gasteiger partial charge < -0.3 is 10.4 Å². The summed E-state index contributed by atoms with van der Waals surface area (Å²) in [4.78, 5) is 23.9. The van der Waals surface area contributed by atoms with Crippen LogP contribution in [0, 0.1) is 10.7 Å². The molecule has 0 spiro atoms. The third kappa shape index (κ3) is 3.39.